The summed E-state index contributed by atoms with van der Waals surface area (Å²) in [6.45, 7) is 1.69. The van der Waals surface area contributed by atoms with Crippen LogP contribution in [0.25, 0.3) is 10.9 Å². The molecule has 0 fully saturated rings. The molecule has 23 heavy (non-hydrogen) atoms. The highest BCUT2D eigenvalue weighted by Gasteiger charge is 2.07. The zero-order chi connectivity index (χ0) is 16.2. The number of rotatable bonds is 5. The fourth-order valence-electron chi connectivity index (χ4n) is 2.45. The van der Waals surface area contributed by atoms with E-state index in [1.54, 1.807) is 11.8 Å². The lowest BCUT2D eigenvalue weighted by molar-refractivity contribution is -0.686. The van der Waals surface area contributed by atoms with Crippen LogP contribution in [0.2, 0.25) is 10.2 Å². The van der Waals surface area contributed by atoms with Crippen molar-refractivity contribution in [1.82, 2.24) is 4.98 Å². The first-order valence-corrected chi connectivity index (χ1v) is 9.33. The Kier molecular flexibility index (Phi) is 5.44. The molecule has 118 valence electrons. The monoisotopic (exact) mass is 363 g/mol. The minimum Gasteiger partial charge on any atom is -0.339 e. The maximum absolute atomic E-state index is 6.35. The van der Waals surface area contributed by atoms with E-state index in [-0.39, 0.29) is 0 Å². The van der Waals surface area contributed by atoms with Crippen molar-refractivity contribution in [2.45, 2.75) is 18.0 Å². The molecule has 0 saturated carbocycles. The summed E-state index contributed by atoms with van der Waals surface area (Å²) in [5.41, 5.74) is 3.25. The smallest absolute Gasteiger partial charge is 0.138 e. The standard InChI is InChI=1S/C18H16Cl2N2S/c1-23-16-7-4-13-8-14(18(20)22-17(13)9-16)11-21-10-12-2-5-15(19)6-3-12/h2-9,21H,10-11H2,1H3/p+1. The van der Waals surface area contributed by atoms with E-state index < -0.39 is 0 Å². The Morgan fingerprint density at radius 3 is 2.52 bits per heavy atom. The number of benzene rings is 2. The molecule has 2 nitrogen and oxygen atoms in total. The first-order valence-electron chi connectivity index (χ1n) is 7.35. The van der Waals surface area contributed by atoms with Gasteiger partial charge in [0.2, 0.25) is 0 Å². The predicted molar refractivity (Wildman–Crippen MR) is 99.3 cm³/mol. The molecule has 0 unspecified atom stereocenters. The fourth-order valence-corrected chi connectivity index (χ4v) is 3.23. The Balaban J connectivity index is 1.72. The average molecular weight is 364 g/mol. The SMILES string of the molecule is CSc1ccc2cc(C[NH2+]Cc3ccc(Cl)cc3)c(Cl)nc2c1. The van der Waals surface area contributed by atoms with Gasteiger partial charge in [0, 0.05) is 26.4 Å². The first-order chi connectivity index (χ1) is 11.2. The van der Waals surface area contributed by atoms with Gasteiger partial charge in [-0.05, 0) is 36.6 Å². The third-order valence-corrected chi connectivity index (χ3v) is 5.01. The highest BCUT2D eigenvalue weighted by molar-refractivity contribution is 7.98. The van der Waals surface area contributed by atoms with Gasteiger partial charge in [0.05, 0.1) is 5.52 Å². The molecule has 0 aliphatic carbocycles. The number of hydrogen-bond donors (Lipinski definition) is 1. The quantitative estimate of drug-likeness (QED) is 0.533. The van der Waals surface area contributed by atoms with Gasteiger partial charge < -0.3 is 5.32 Å². The van der Waals surface area contributed by atoms with Crippen LogP contribution in [0.1, 0.15) is 11.1 Å². The number of halogens is 2. The maximum Gasteiger partial charge on any atom is 0.138 e. The number of thioether (sulfide) groups is 1. The molecule has 0 bridgehead atoms. The Hall–Kier alpha value is -1.26. The van der Waals surface area contributed by atoms with Crippen molar-refractivity contribution >= 4 is 45.9 Å². The van der Waals surface area contributed by atoms with Crippen LogP contribution in [-0.2, 0) is 13.1 Å². The molecule has 0 saturated heterocycles. The van der Waals surface area contributed by atoms with Crippen molar-refractivity contribution in [2.24, 2.45) is 0 Å². The summed E-state index contributed by atoms with van der Waals surface area (Å²) in [6, 6.07) is 16.3. The van der Waals surface area contributed by atoms with Crippen molar-refractivity contribution in [3.63, 3.8) is 0 Å². The Morgan fingerprint density at radius 1 is 1.00 bits per heavy atom. The molecule has 0 amide bonds. The second-order valence-electron chi connectivity index (χ2n) is 5.32. The molecule has 2 N–H and O–H groups in total. The minimum atomic E-state index is 0.586. The Labute approximate surface area is 150 Å². The second-order valence-corrected chi connectivity index (χ2v) is 6.99. The van der Waals surface area contributed by atoms with E-state index >= 15 is 0 Å². The van der Waals surface area contributed by atoms with E-state index in [1.165, 1.54) is 10.5 Å². The molecule has 1 aromatic heterocycles. The summed E-state index contributed by atoms with van der Waals surface area (Å²) in [7, 11) is 0. The number of hydrogen-bond acceptors (Lipinski definition) is 2. The lowest BCUT2D eigenvalue weighted by Gasteiger charge is -2.07. The van der Waals surface area contributed by atoms with Gasteiger partial charge in [-0.1, -0.05) is 41.4 Å². The van der Waals surface area contributed by atoms with E-state index in [9.17, 15) is 0 Å². The number of nitrogens with zero attached hydrogens (tertiary/aromatic N) is 1. The molecule has 0 radical (unpaired) electrons. The summed E-state index contributed by atoms with van der Waals surface area (Å²) in [5.74, 6) is 0. The molecule has 0 atom stereocenters. The first kappa shape index (κ1) is 16.6. The highest BCUT2D eigenvalue weighted by Crippen LogP contribution is 2.24. The topological polar surface area (TPSA) is 29.5 Å². The van der Waals surface area contributed by atoms with E-state index in [0.717, 1.165) is 34.6 Å². The van der Waals surface area contributed by atoms with Gasteiger partial charge >= 0.3 is 0 Å². The summed E-state index contributed by atoms with van der Waals surface area (Å²) in [5, 5.41) is 4.69. The van der Waals surface area contributed by atoms with Crippen molar-refractivity contribution in [3.8, 4) is 0 Å². The van der Waals surface area contributed by atoms with Crippen molar-refractivity contribution < 1.29 is 5.32 Å². The summed E-state index contributed by atoms with van der Waals surface area (Å²) < 4.78 is 0. The molecular formula is C18H17Cl2N2S+. The van der Waals surface area contributed by atoms with Crippen LogP contribution >= 0.6 is 35.0 Å². The molecule has 3 aromatic rings. The molecule has 1 heterocycles. The molecule has 0 spiro atoms. The van der Waals surface area contributed by atoms with Gasteiger partial charge in [-0.15, -0.1) is 11.8 Å². The van der Waals surface area contributed by atoms with Crippen molar-refractivity contribution in [1.29, 1.82) is 0 Å². The van der Waals surface area contributed by atoms with Gasteiger partial charge in [0.15, 0.2) is 0 Å². The zero-order valence-electron chi connectivity index (χ0n) is 12.7. The van der Waals surface area contributed by atoms with Crippen LogP contribution in [-0.4, -0.2) is 11.2 Å². The number of nitrogens with two attached hydrogens (primary N) is 1. The lowest BCUT2D eigenvalue weighted by Crippen LogP contribution is -2.80. The van der Waals surface area contributed by atoms with Crippen LogP contribution < -0.4 is 5.32 Å². The van der Waals surface area contributed by atoms with Crippen LogP contribution in [0.3, 0.4) is 0 Å². The summed E-state index contributed by atoms with van der Waals surface area (Å²) in [6.07, 6.45) is 2.06. The van der Waals surface area contributed by atoms with Crippen LogP contribution in [0.15, 0.2) is 53.4 Å². The summed E-state index contributed by atoms with van der Waals surface area (Å²) in [4.78, 5) is 5.73. The maximum atomic E-state index is 6.35. The second kappa shape index (κ2) is 7.54. The van der Waals surface area contributed by atoms with Crippen molar-refractivity contribution in [2.75, 3.05) is 6.26 Å². The predicted octanol–water partition coefficient (Wildman–Crippen LogP) is 4.53. The number of quaternary nitrogens is 1. The fraction of sp³-hybridized carbons (Fsp3) is 0.167. The Bertz CT molecular complexity index is 819. The molecule has 5 heteroatoms. The average Bonchev–Trinajstić information content (AvgIpc) is 2.56. The van der Waals surface area contributed by atoms with Gasteiger partial charge in [-0.2, -0.15) is 0 Å². The van der Waals surface area contributed by atoms with E-state index in [4.69, 9.17) is 23.2 Å². The van der Waals surface area contributed by atoms with Crippen LogP contribution in [0.4, 0.5) is 0 Å². The summed E-state index contributed by atoms with van der Waals surface area (Å²) >= 11 is 14.0. The van der Waals surface area contributed by atoms with Crippen LogP contribution in [0, 0.1) is 0 Å². The third-order valence-electron chi connectivity index (χ3n) is 3.71. The number of pyridine rings is 1. The number of fused-ring (bicyclic) bond motifs is 1. The molecule has 0 aliphatic rings. The third kappa shape index (κ3) is 4.18. The van der Waals surface area contributed by atoms with Crippen LogP contribution in [0.5, 0.6) is 0 Å². The molecule has 0 aliphatic heterocycles. The minimum absolute atomic E-state index is 0.586. The van der Waals surface area contributed by atoms with E-state index in [0.29, 0.717) is 5.15 Å². The zero-order valence-corrected chi connectivity index (χ0v) is 15.1. The van der Waals surface area contributed by atoms with E-state index in [2.05, 4.69) is 40.8 Å². The largest absolute Gasteiger partial charge is 0.339 e. The number of aromatic nitrogens is 1. The van der Waals surface area contributed by atoms with Gasteiger partial charge in [-0.25, -0.2) is 4.98 Å². The van der Waals surface area contributed by atoms with Gasteiger partial charge in [0.1, 0.15) is 18.2 Å². The van der Waals surface area contributed by atoms with Gasteiger partial charge in [0.25, 0.3) is 0 Å². The van der Waals surface area contributed by atoms with E-state index in [1.807, 2.05) is 24.3 Å². The van der Waals surface area contributed by atoms with Gasteiger partial charge in [-0.3, -0.25) is 0 Å². The lowest BCUT2D eigenvalue weighted by atomic mass is 10.1. The highest BCUT2D eigenvalue weighted by atomic mass is 35.5. The molecule has 2 aromatic carbocycles. The normalized spacial score (nSPS) is 11.1. The molecule has 3 rings (SSSR count). The Morgan fingerprint density at radius 2 is 1.78 bits per heavy atom. The molecular weight excluding hydrogens is 347 g/mol. The van der Waals surface area contributed by atoms with Crippen molar-refractivity contribution in [3.05, 3.63) is 69.8 Å².